The Morgan fingerprint density at radius 2 is 2.14 bits per heavy atom. The van der Waals surface area contributed by atoms with Gasteiger partial charge in [0, 0.05) is 30.4 Å². The predicted octanol–water partition coefficient (Wildman–Crippen LogP) is 3.63. The summed E-state index contributed by atoms with van der Waals surface area (Å²) in [6.45, 7) is 2.85. The van der Waals surface area contributed by atoms with Crippen molar-refractivity contribution in [2.45, 2.75) is 44.6 Å². The van der Waals surface area contributed by atoms with Crippen molar-refractivity contribution in [3.8, 4) is 11.5 Å². The molecule has 1 fully saturated rings. The number of aromatic nitrogens is 4. The van der Waals surface area contributed by atoms with Gasteiger partial charge < -0.3 is 14.8 Å². The van der Waals surface area contributed by atoms with Crippen LogP contribution in [0.25, 0.3) is 21.7 Å². The number of aryl methyl sites for hydroxylation is 2. The van der Waals surface area contributed by atoms with E-state index in [9.17, 15) is 0 Å². The van der Waals surface area contributed by atoms with Crippen LogP contribution >= 0.6 is 11.3 Å². The van der Waals surface area contributed by atoms with E-state index in [0.717, 1.165) is 42.9 Å². The second-order valence-electron chi connectivity index (χ2n) is 7.51. The second-order valence-corrected chi connectivity index (χ2v) is 8.60. The maximum Gasteiger partial charge on any atom is 0.183 e. The van der Waals surface area contributed by atoms with E-state index in [0.29, 0.717) is 31.3 Å². The van der Waals surface area contributed by atoms with Crippen molar-refractivity contribution in [1.29, 1.82) is 0 Å². The zero-order chi connectivity index (χ0) is 19.5. The van der Waals surface area contributed by atoms with Gasteiger partial charge in [-0.05, 0) is 44.1 Å². The van der Waals surface area contributed by atoms with E-state index in [1.165, 1.54) is 28.7 Å². The molecule has 1 aliphatic heterocycles. The maximum atomic E-state index is 5.81. The van der Waals surface area contributed by atoms with Crippen molar-refractivity contribution in [2.24, 2.45) is 0 Å². The number of thiophene rings is 1. The Bertz CT molecular complexity index is 972. The fourth-order valence-corrected chi connectivity index (χ4v) is 5.31. The lowest BCUT2D eigenvalue weighted by Gasteiger charge is -2.14. The van der Waals surface area contributed by atoms with E-state index < -0.39 is 0 Å². The molecular formula is C21H25N5O2S. The summed E-state index contributed by atoms with van der Waals surface area (Å²) in [5.41, 5.74) is 2.11. The predicted molar refractivity (Wildman–Crippen MR) is 113 cm³/mol. The Labute approximate surface area is 173 Å². The van der Waals surface area contributed by atoms with Crippen LogP contribution in [-0.4, -0.2) is 52.4 Å². The van der Waals surface area contributed by atoms with Crippen LogP contribution in [0.3, 0.4) is 0 Å². The number of ether oxygens (including phenoxy) is 2. The first-order valence-corrected chi connectivity index (χ1v) is 11.2. The van der Waals surface area contributed by atoms with E-state index in [1.54, 1.807) is 29.9 Å². The van der Waals surface area contributed by atoms with Crippen LogP contribution < -0.4 is 5.32 Å². The van der Waals surface area contributed by atoms with Crippen LogP contribution in [0.15, 0.2) is 18.6 Å². The molecular weight excluding hydrogens is 386 g/mol. The SMILES string of the molecule is c1cnc(-c2nc(NCCOCC3CCCO3)c3c4c(sc3n2)CCCC4)cn1. The number of nitrogens with zero attached hydrogens (tertiary/aromatic N) is 4. The smallest absolute Gasteiger partial charge is 0.183 e. The number of hydrogen-bond acceptors (Lipinski definition) is 8. The molecule has 0 aromatic carbocycles. The third-order valence-electron chi connectivity index (χ3n) is 5.47. The molecule has 0 bridgehead atoms. The van der Waals surface area contributed by atoms with Crippen LogP contribution in [0.1, 0.15) is 36.1 Å². The maximum absolute atomic E-state index is 5.81. The monoisotopic (exact) mass is 411 g/mol. The number of rotatable bonds is 7. The molecule has 152 valence electrons. The molecule has 2 aliphatic rings. The van der Waals surface area contributed by atoms with Crippen LogP contribution in [0.2, 0.25) is 0 Å². The summed E-state index contributed by atoms with van der Waals surface area (Å²) in [4.78, 5) is 20.7. The molecule has 3 aromatic heterocycles. The molecule has 5 rings (SSSR count). The largest absolute Gasteiger partial charge is 0.377 e. The first-order valence-electron chi connectivity index (χ1n) is 10.4. The molecule has 4 heterocycles. The summed E-state index contributed by atoms with van der Waals surface area (Å²) < 4.78 is 11.4. The lowest BCUT2D eigenvalue weighted by atomic mass is 9.97. The van der Waals surface area contributed by atoms with Crippen LogP contribution in [0.4, 0.5) is 5.82 Å². The molecule has 3 aromatic rings. The van der Waals surface area contributed by atoms with Crippen molar-refractivity contribution in [2.75, 3.05) is 31.7 Å². The van der Waals surface area contributed by atoms with Crippen molar-refractivity contribution in [1.82, 2.24) is 19.9 Å². The minimum absolute atomic E-state index is 0.257. The highest BCUT2D eigenvalue weighted by atomic mass is 32.1. The van der Waals surface area contributed by atoms with Crippen LogP contribution in [-0.2, 0) is 22.3 Å². The highest BCUT2D eigenvalue weighted by molar-refractivity contribution is 7.19. The first kappa shape index (κ1) is 18.8. The van der Waals surface area contributed by atoms with Crippen LogP contribution in [0.5, 0.6) is 0 Å². The Kier molecular flexibility index (Phi) is 5.64. The average molecular weight is 412 g/mol. The second kappa shape index (κ2) is 8.69. The van der Waals surface area contributed by atoms with E-state index in [-0.39, 0.29) is 6.10 Å². The number of hydrogen-bond donors (Lipinski definition) is 1. The molecule has 7 nitrogen and oxygen atoms in total. The molecule has 1 saturated heterocycles. The van der Waals surface area contributed by atoms with Gasteiger partial charge in [0.2, 0.25) is 0 Å². The number of nitrogens with one attached hydrogen (secondary N) is 1. The topological polar surface area (TPSA) is 82.1 Å². The quantitative estimate of drug-likeness (QED) is 0.595. The van der Waals surface area contributed by atoms with Gasteiger partial charge in [-0.1, -0.05) is 0 Å². The molecule has 0 amide bonds. The zero-order valence-corrected chi connectivity index (χ0v) is 17.2. The minimum Gasteiger partial charge on any atom is -0.377 e. The Hall–Kier alpha value is -2.16. The van der Waals surface area contributed by atoms with E-state index in [4.69, 9.17) is 19.4 Å². The van der Waals surface area contributed by atoms with E-state index >= 15 is 0 Å². The summed E-state index contributed by atoms with van der Waals surface area (Å²) in [7, 11) is 0. The highest BCUT2D eigenvalue weighted by Crippen LogP contribution is 2.39. The molecule has 1 atom stereocenters. The number of anilines is 1. The molecule has 1 aliphatic carbocycles. The average Bonchev–Trinajstić information content (AvgIpc) is 3.41. The summed E-state index contributed by atoms with van der Waals surface area (Å²) in [6, 6.07) is 0. The van der Waals surface area contributed by atoms with Crippen LogP contribution in [0, 0.1) is 0 Å². The molecule has 8 heteroatoms. The van der Waals surface area contributed by atoms with Crippen molar-refractivity contribution < 1.29 is 9.47 Å². The molecule has 0 spiro atoms. The van der Waals surface area contributed by atoms with Crippen molar-refractivity contribution in [3.05, 3.63) is 29.0 Å². The third-order valence-corrected chi connectivity index (χ3v) is 6.66. The van der Waals surface area contributed by atoms with Gasteiger partial charge in [0.1, 0.15) is 16.3 Å². The summed E-state index contributed by atoms with van der Waals surface area (Å²) >= 11 is 1.80. The Morgan fingerprint density at radius 3 is 3.00 bits per heavy atom. The van der Waals surface area contributed by atoms with Gasteiger partial charge in [0.25, 0.3) is 0 Å². The van der Waals surface area contributed by atoms with Crippen molar-refractivity contribution >= 4 is 27.4 Å². The summed E-state index contributed by atoms with van der Waals surface area (Å²) in [5, 5.41) is 4.68. The van der Waals surface area contributed by atoms with Gasteiger partial charge in [-0.3, -0.25) is 4.98 Å². The van der Waals surface area contributed by atoms with Gasteiger partial charge in [-0.15, -0.1) is 11.3 Å². The lowest BCUT2D eigenvalue weighted by Crippen LogP contribution is -2.18. The standard InChI is InChI=1S/C21H25N5O2S/c1-2-6-17-15(5-1)18-20(24-9-11-27-13-14-4-3-10-28-14)25-19(26-21(18)29-17)16-12-22-7-8-23-16/h7-8,12,14H,1-6,9-11,13H2,(H,24,25,26). The molecule has 29 heavy (non-hydrogen) atoms. The molecule has 1 N–H and O–H groups in total. The first-order chi connectivity index (χ1) is 14.4. The van der Waals surface area contributed by atoms with E-state index in [1.807, 2.05) is 0 Å². The summed E-state index contributed by atoms with van der Waals surface area (Å²) in [5.74, 6) is 1.50. The fourth-order valence-electron chi connectivity index (χ4n) is 4.05. The van der Waals surface area contributed by atoms with Gasteiger partial charge in [0.15, 0.2) is 5.82 Å². The van der Waals surface area contributed by atoms with Gasteiger partial charge >= 0.3 is 0 Å². The highest BCUT2D eigenvalue weighted by Gasteiger charge is 2.22. The molecule has 0 saturated carbocycles. The summed E-state index contributed by atoms with van der Waals surface area (Å²) in [6.07, 6.45) is 12.3. The lowest BCUT2D eigenvalue weighted by molar-refractivity contribution is 0.0206. The normalized spacial score (nSPS) is 18.8. The van der Waals surface area contributed by atoms with Gasteiger partial charge in [-0.2, -0.15) is 0 Å². The molecule has 0 radical (unpaired) electrons. The van der Waals surface area contributed by atoms with Gasteiger partial charge in [-0.25, -0.2) is 15.0 Å². The Morgan fingerprint density at radius 1 is 1.17 bits per heavy atom. The fraction of sp³-hybridized carbons (Fsp3) is 0.524. The van der Waals surface area contributed by atoms with Gasteiger partial charge in [0.05, 0.1) is 30.9 Å². The number of fused-ring (bicyclic) bond motifs is 3. The zero-order valence-electron chi connectivity index (χ0n) is 16.4. The third kappa shape index (κ3) is 4.10. The Balaban J connectivity index is 1.38. The van der Waals surface area contributed by atoms with Crippen molar-refractivity contribution in [3.63, 3.8) is 0 Å². The molecule has 1 unspecified atom stereocenters. The minimum atomic E-state index is 0.257. The van der Waals surface area contributed by atoms with E-state index in [2.05, 4.69) is 15.3 Å².